The van der Waals surface area contributed by atoms with E-state index >= 15 is 0 Å². The van der Waals surface area contributed by atoms with Crippen LogP contribution in [0.4, 0.5) is 14.5 Å². The lowest BCUT2D eigenvalue weighted by atomic mass is 9.83. The number of pyridine rings is 1. The predicted octanol–water partition coefficient (Wildman–Crippen LogP) is 3.70. The minimum absolute atomic E-state index is 0.220. The summed E-state index contributed by atoms with van der Waals surface area (Å²) in [6, 6.07) is 1.94. The van der Waals surface area contributed by atoms with Crippen molar-refractivity contribution in [2.75, 3.05) is 5.32 Å². The van der Waals surface area contributed by atoms with E-state index in [0.717, 1.165) is 31.4 Å². The molecule has 3 rings (SSSR count). The Morgan fingerprint density at radius 3 is 2.81 bits per heavy atom. The van der Waals surface area contributed by atoms with Crippen molar-refractivity contribution < 1.29 is 13.9 Å². The fourth-order valence-electron chi connectivity index (χ4n) is 3.06. The van der Waals surface area contributed by atoms with Gasteiger partial charge in [-0.05, 0) is 38.7 Å². The quantitative estimate of drug-likeness (QED) is 0.613. The first-order chi connectivity index (χ1) is 12.8. The number of alkyl halides is 2. The van der Waals surface area contributed by atoms with Crippen LogP contribution in [0.1, 0.15) is 43.7 Å². The van der Waals surface area contributed by atoms with E-state index in [-0.39, 0.29) is 6.04 Å². The summed E-state index contributed by atoms with van der Waals surface area (Å²) < 4.78 is 26.0. The van der Waals surface area contributed by atoms with Crippen molar-refractivity contribution in [2.24, 2.45) is 0 Å². The molecule has 2 N–H and O–H groups in total. The molecule has 0 saturated heterocycles. The Hall–Kier alpha value is -2.17. The SMILES string of the molecule is CC1(O)CCC(Nc2cc(Cl)ncc2C#Cc2cnn(CC(F)F)c2)CC1. The number of hydrogen-bond donors (Lipinski definition) is 2. The summed E-state index contributed by atoms with van der Waals surface area (Å²) in [6.07, 6.45) is 5.22. The Balaban J connectivity index is 1.74. The first kappa shape index (κ1) is 19.6. The van der Waals surface area contributed by atoms with E-state index in [0.29, 0.717) is 16.3 Å². The Labute approximate surface area is 161 Å². The summed E-state index contributed by atoms with van der Waals surface area (Å²) in [5.41, 5.74) is 1.38. The standard InChI is InChI=1S/C19H21ClF2N4O/c1-19(27)6-4-15(5-7-19)25-16-8-17(20)23-10-14(16)3-2-13-9-24-26(11-13)12-18(21)22/h8-11,15,18,27H,4-7,12H2,1H3,(H,23,25). The highest BCUT2D eigenvalue weighted by Gasteiger charge is 2.28. The van der Waals surface area contributed by atoms with E-state index in [1.807, 2.05) is 6.92 Å². The second-order valence-corrected chi connectivity index (χ2v) is 7.45. The molecule has 2 aromatic rings. The van der Waals surface area contributed by atoms with Crippen LogP contribution in [-0.4, -0.2) is 37.9 Å². The summed E-state index contributed by atoms with van der Waals surface area (Å²) in [5.74, 6) is 5.93. The fourth-order valence-corrected chi connectivity index (χ4v) is 3.22. The molecule has 144 valence electrons. The normalized spacial score (nSPS) is 22.4. The van der Waals surface area contributed by atoms with Crippen LogP contribution >= 0.6 is 11.6 Å². The zero-order chi connectivity index (χ0) is 19.4. The van der Waals surface area contributed by atoms with Gasteiger partial charge >= 0.3 is 0 Å². The Morgan fingerprint density at radius 2 is 2.11 bits per heavy atom. The van der Waals surface area contributed by atoms with Crippen LogP contribution < -0.4 is 5.32 Å². The molecule has 1 aliphatic rings. The molecule has 1 saturated carbocycles. The van der Waals surface area contributed by atoms with Crippen molar-refractivity contribution in [2.45, 2.75) is 57.2 Å². The molecule has 0 atom stereocenters. The summed E-state index contributed by atoms with van der Waals surface area (Å²) in [6.45, 7) is 1.40. The number of halogens is 3. The predicted molar refractivity (Wildman–Crippen MR) is 100.0 cm³/mol. The molecule has 0 aromatic carbocycles. The number of hydrogen-bond acceptors (Lipinski definition) is 4. The Kier molecular flexibility index (Phi) is 5.98. The van der Waals surface area contributed by atoms with Crippen molar-refractivity contribution in [1.82, 2.24) is 14.8 Å². The molecule has 0 amide bonds. The average molecular weight is 395 g/mol. The second kappa shape index (κ2) is 8.24. The van der Waals surface area contributed by atoms with E-state index in [9.17, 15) is 13.9 Å². The van der Waals surface area contributed by atoms with Gasteiger partial charge in [0.05, 0.1) is 28.6 Å². The second-order valence-electron chi connectivity index (χ2n) is 7.06. The molecular weight excluding hydrogens is 374 g/mol. The molecule has 2 aromatic heterocycles. The number of anilines is 1. The van der Waals surface area contributed by atoms with Gasteiger partial charge in [-0.2, -0.15) is 5.10 Å². The van der Waals surface area contributed by atoms with Crippen molar-refractivity contribution in [3.63, 3.8) is 0 Å². The molecule has 8 heteroatoms. The molecule has 2 heterocycles. The molecule has 0 unspecified atom stereocenters. The van der Waals surface area contributed by atoms with Crippen LogP contribution in [0.5, 0.6) is 0 Å². The summed E-state index contributed by atoms with van der Waals surface area (Å²) in [5, 5.41) is 17.8. The van der Waals surface area contributed by atoms with E-state index < -0.39 is 18.6 Å². The maximum atomic E-state index is 12.4. The van der Waals surface area contributed by atoms with E-state index in [4.69, 9.17) is 11.6 Å². The largest absolute Gasteiger partial charge is 0.390 e. The van der Waals surface area contributed by atoms with E-state index in [2.05, 4.69) is 27.2 Å². The lowest BCUT2D eigenvalue weighted by Gasteiger charge is -2.34. The number of nitrogens with zero attached hydrogens (tertiary/aromatic N) is 3. The molecule has 0 aliphatic heterocycles. The molecule has 0 bridgehead atoms. The van der Waals surface area contributed by atoms with Crippen LogP contribution in [0.3, 0.4) is 0 Å². The van der Waals surface area contributed by atoms with Crippen molar-refractivity contribution in [3.8, 4) is 11.8 Å². The summed E-state index contributed by atoms with van der Waals surface area (Å²) in [7, 11) is 0. The highest BCUT2D eigenvalue weighted by atomic mass is 35.5. The van der Waals surface area contributed by atoms with Gasteiger partial charge in [-0.15, -0.1) is 0 Å². The molecular formula is C19H21ClF2N4O. The number of aromatic nitrogens is 3. The van der Waals surface area contributed by atoms with Crippen molar-refractivity contribution in [1.29, 1.82) is 0 Å². The van der Waals surface area contributed by atoms with Gasteiger partial charge in [0, 0.05) is 18.4 Å². The number of rotatable bonds is 4. The highest BCUT2D eigenvalue weighted by molar-refractivity contribution is 6.29. The zero-order valence-electron chi connectivity index (χ0n) is 14.9. The smallest absolute Gasteiger partial charge is 0.257 e. The van der Waals surface area contributed by atoms with Gasteiger partial charge in [-0.1, -0.05) is 23.4 Å². The molecule has 0 radical (unpaired) electrons. The Morgan fingerprint density at radius 1 is 1.37 bits per heavy atom. The first-order valence-corrected chi connectivity index (χ1v) is 9.16. The van der Waals surface area contributed by atoms with Crippen LogP contribution in [0, 0.1) is 11.8 Å². The van der Waals surface area contributed by atoms with Gasteiger partial charge in [0.2, 0.25) is 0 Å². The molecule has 1 fully saturated rings. The van der Waals surface area contributed by atoms with Gasteiger partial charge in [0.15, 0.2) is 0 Å². The minimum atomic E-state index is -2.46. The fraction of sp³-hybridized carbons (Fsp3) is 0.474. The van der Waals surface area contributed by atoms with Crippen molar-refractivity contribution >= 4 is 17.3 Å². The van der Waals surface area contributed by atoms with Gasteiger partial charge in [0.25, 0.3) is 6.43 Å². The van der Waals surface area contributed by atoms with E-state index in [1.165, 1.54) is 17.1 Å². The average Bonchev–Trinajstić information content (AvgIpc) is 3.03. The maximum absolute atomic E-state index is 12.4. The summed E-state index contributed by atoms with van der Waals surface area (Å²) >= 11 is 6.03. The van der Waals surface area contributed by atoms with Crippen LogP contribution in [0.15, 0.2) is 24.7 Å². The highest BCUT2D eigenvalue weighted by Crippen LogP contribution is 2.30. The lowest BCUT2D eigenvalue weighted by molar-refractivity contribution is 0.0196. The molecule has 0 spiro atoms. The number of aliphatic hydroxyl groups is 1. The molecule has 5 nitrogen and oxygen atoms in total. The van der Waals surface area contributed by atoms with Crippen LogP contribution in [0.25, 0.3) is 0 Å². The van der Waals surface area contributed by atoms with Gasteiger partial charge in [-0.3, -0.25) is 4.68 Å². The van der Waals surface area contributed by atoms with Crippen LogP contribution in [0.2, 0.25) is 5.15 Å². The molecule has 1 aliphatic carbocycles. The van der Waals surface area contributed by atoms with Gasteiger partial charge in [-0.25, -0.2) is 13.8 Å². The monoisotopic (exact) mass is 394 g/mol. The number of nitrogens with one attached hydrogen (secondary N) is 1. The van der Waals surface area contributed by atoms with E-state index in [1.54, 1.807) is 12.3 Å². The van der Waals surface area contributed by atoms with Gasteiger partial charge < -0.3 is 10.4 Å². The molecule has 27 heavy (non-hydrogen) atoms. The van der Waals surface area contributed by atoms with Crippen LogP contribution in [-0.2, 0) is 6.54 Å². The lowest BCUT2D eigenvalue weighted by Crippen LogP contribution is -2.35. The Bertz CT molecular complexity index is 847. The first-order valence-electron chi connectivity index (χ1n) is 8.78. The minimum Gasteiger partial charge on any atom is -0.390 e. The topological polar surface area (TPSA) is 63.0 Å². The third-order valence-electron chi connectivity index (χ3n) is 4.59. The third-order valence-corrected chi connectivity index (χ3v) is 4.80. The third kappa shape index (κ3) is 5.65. The van der Waals surface area contributed by atoms with Gasteiger partial charge in [0.1, 0.15) is 11.7 Å². The zero-order valence-corrected chi connectivity index (χ0v) is 15.7. The maximum Gasteiger partial charge on any atom is 0.257 e. The summed E-state index contributed by atoms with van der Waals surface area (Å²) in [4.78, 5) is 4.08. The van der Waals surface area contributed by atoms with Crippen molar-refractivity contribution in [3.05, 3.63) is 40.9 Å².